The molecule has 2 fully saturated rings. The molecule has 1 aromatic carbocycles. The Labute approximate surface area is 103 Å². The summed E-state index contributed by atoms with van der Waals surface area (Å²) >= 11 is 0. The molecule has 1 atom stereocenters. The fraction of sp³-hybridized carbons (Fsp3) is 0.571. The molecule has 0 aromatic heterocycles. The molecule has 0 amide bonds. The standard InChI is InChI=1S/C14H21N3/c1-2-4-13(5-3-1)10-17-9-6-14(12-17)11-15-7-8-16-14/h1-5,15-16H,6-12H2. The zero-order valence-corrected chi connectivity index (χ0v) is 10.3. The van der Waals surface area contributed by atoms with E-state index >= 15 is 0 Å². The highest BCUT2D eigenvalue weighted by molar-refractivity contribution is 5.15. The summed E-state index contributed by atoms with van der Waals surface area (Å²) in [6.45, 7) is 6.82. The van der Waals surface area contributed by atoms with Crippen LogP contribution in [0.4, 0.5) is 0 Å². The smallest absolute Gasteiger partial charge is 0.0447 e. The minimum Gasteiger partial charge on any atom is -0.314 e. The Balaban J connectivity index is 1.60. The van der Waals surface area contributed by atoms with E-state index in [1.54, 1.807) is 0 Å². The largest absolute Gasteiger partial charge is 0.314 e. The molecule has 17 heavy (non-hydrogen) atoms. The Kier molecular flexibility index (Phi) is 3.14. The number of benzene rings is 1. The molecule has 0 aliphatic carbocycles. The lowest BCUT2D eigenvalue weighted by atomic mass is 9.97. The van der Waals surface area contributed by atoms with E-state index in [2.05, 4.69) is 45.9 Å². The van der Waals surface area contributed by atoms with Crippen molar-refractivity contribution >= 4 is 0 Å². The molecule has 1 unspecified atom stereocenters. The minimum absolute atomic E-state index is 0.340. The third-order valence-corrected chi connectivity index (χ3v) is 3.95. The topological polar surface area (TPSA) is 27.3 Å². The summed E-state index contributed by atoms with van der Waals surface area (Å²) in [5, 5.41) is 7.22. The fourth-order valence-corrected chi connectivity index (χ4v) is 3.03. The van der Waals surface area contributed by atoms with Crippen LogP contribution in [0, 0.1) is 0 Å². The Bertz CT molecular complexity index is 357. The monoisotopic (exact) mass is 231 g/mol. The molecule has 0 bridgehead atoms. The number of hydrogen-bond acceptors (Lipinski definition) is 3. The first-order chi connectivity index (χ1) is 8.36. The van der Waals surface area contributed by atoms with Gasteiger partial charge in [0.15, 0.2) is 0 Å². The van der Waals surface area contributed by atoms with Gasteiger partial charge < -0.3 is 10.6 Å². The summed E-state index contributed by atoms with van der Waals surface area (Å²) in [7, 11) is 0. The molecule has 2 N–H and O–H groups in total. The Morgan fingerprint density at radius 2 is 2.06 bits per heavy atom. The lowest BCUT2D eigenvalue weighted by Gasteiger charge is -2.35. The Morgan fingerprint density at radius 1 is 1.18 bits per heavy atom. The van der Waals surface area contributed by atoms with E-state index in [0.29, 0.717) is 5.54 Å². The fourth-order valence-electron chi connectivity index (χ4n) is 3.03. The first-order valence-electron chi connectivity index (χ1n) is 6.58. The summed E-state index contributed by atoms with van der Waals surface area (Å²) in [6, 6.07) is 10.8. The average molecular weight is 231 g/mol. The van der Waals surface area contributed by atoms with Crippen LogP contribution in [0.25, 0.3) is 0 Å². The van der Waals surface area contributed by atoms with Crippen LogP contribution in [0.5, 0.6) is 0 Å². The second-order valence-electron chi connectivity index (χ2n) is 5.33. The van der Waals surface area contributed by atoms with Gasteiger partial charge in [0.25, 0.3) is 0 Å². The van der Waals surface area contributed by atoms with Gasteiger partial charge >= 0.3 is 0 Å². The normalized spacial score (nSPS) is 29.9. The maximum absolute atomic E-state index is 3.71. The third-order valence-electron chi connectivity index (χ3n) is 3.95. The van der Waals surface area contributed by atoms with Gasteiger partial charge in [-0.25, -0.2) is 0 Å². The van der Waals surface area contributed by atoms with Gasteiger partial charge in [-0.2, -0.15) is 0 Å². The lowest BCUT2D eigenvalue weighted by molar-refractivity contribution is 0.247. The summed E-state index contributed by atoms with van der Waals surface area (Å²) in [5.74, 6) is 0. The molecule has 2 aliphatic rings. The predicted octanol–water partition coefficient (Wildman–Crippen LogP) is 0.824. The van der Waals surface area contributed by atoms with Gasteiger partial charge in [0.2, 0.25) is 0 Å². The zero-order valence-electron chi connectivity index (χ0n) is 10.3. The molecule has 0 saturated carbocycles. The number of nitrogens with zero attached hydrogens (tertiary/aromatic N) is 1. The predicted molar refractivity (Wildman–Crippen MR) is 69.9 cm³/mol. The van der Waals surface area contributed by atoms with E-state index in [-0.39, 0.29) is 0 Å². The van der Waals surface area contributed by atoms with Gasteiger partial charge in [-0.15, -0.1) is 0 Å². The van der Waals surface area contributed by atoms with Crippen molar-refractivity contribution in [1.82, 2.24) is 15.5 Å². The van der Waals surface area contributed by atoms with Crippen molar-refractivity contribution in [2.75, 3.05) is 32.7 Å². The minimum atomic E-state index is 0.340. The van der Waals surface area contributed by atoms with Crippen LogP contribution in [-0.4, -0.2) is 43.2 Å². The van der Waals surface area contributed by atoms with Gasteiger partial charge in [-0.3, -0.25) is 4.90 Å². The number of likely N-dealkylation sites (tertiary alicyclic amines) is 1. The van der Waals surface area contributed by atoms with E-state index in [9.17, 15) is 0 Å². The first kappa shape index (κ1) is 11.2. The van der Waals surface area contributed by atoms with Crippen LogP contribution in [-0.2, 0) is 6.54 Å². The molecular formula is C14H21N3. The molecule has 1 aromatic rings. The van der Waals surface area contributed by atoms with Crippen molar-refractivity contribution in [3.63, 3.8) is 0 Å². The maximum atomic E-state index is 3.71. The highest BCUT2D eigenvalue weighted by Crippen LogP contribution is 2.23. The number of rotatable bonds is 2. The van der Waals surface area contributed by atoms with Crippen molar-refractivity contribution < 1.29 is 0 Å². The highest BCUT2D eigenvalue weighted by atomic mass is 15.2. The lowest BCUT2D eigenvalue weighted by Crippen LogP contribution is -2.60. The summed E-state index contributed by atoms with van der Waals surface area (Å²) in [4.78, 5) is 2.56. The van der Waals surface area contributed by atoms with Crippen LogP contribution in [0.3, 0.4) is 0 Å². The van der Waals surface area contributed by atoms with Gasteiger partial charge in [0.1, 0.15) is 0 Å². The van der Waals surface area contributed by atoms with E-state index in [1.807, 2.05) is 0 Å². The quantitative estimate of drug-likeness (QED) is 0.789. The van der Waals surface area contributed by atoms with E-state index in [0.717, 1.165) is 26.2 Å². The number of piperazine rings is 1. The first-order valence-corrected chi connectivity index (χ1v) is 6.58. The van der Waals surface area contributed by atoms with Gasteiger partial charge in [-0.05, 0) is 12.0 Å². The molecule has 2 heterocycles. The summed E-state index contributed by atoms with van der Waals surface area (Å²) < 4.78 is 0. The van der Waals surface area contributed by atoms with Crippen molar-refractivity contribution in [3.05, 3.63) is 35.9 Å². The van der Waals surface area contributed by atoms with E-state index in [1.165, 1.54) is 25.1 Å². The second-order valence-corrected chi connectivity index (χ2v) is 5.33. The molecule has 1 spiro atoms. The molecule has 3 nitrogen and oxygen atoms in total. The number of hydrogen-bond donors (Lipinski definition) is 2. The SMILES string of the molecule is c1ccc(CN2CCC3(CNCCN3)C2)cc1. The van der Waals surface area contributed by atoms with Crippen LogP contribution in [0.1, 0.15) is 12.0 Å². The Hall–Kier alpha value is -0.900. The highest BCUT2D eigenvalue weighted by Gasteiger charge is 2.38. The maximum Gasteiger partial charge on any atom is 0.0447 e. The van der Waals surface area contributed by atoms with E-state index < -0.39 is 0 Å². The van der Waals surface area contributed by atoms with Crippen LogP contribution in [0.15, 0.2) is 30.3 Å². The van der Waals surface area contributed by atoms with Gasteiger partial charge in [-0.1, -0.05) is 30.3 Å². The van der Waals surface area contributed by atoms with Gasteiger partial charge in [0.05, 0.1) is 0 Å². The molecule has 2 aliphatic heterocycles. The number of nitrogens with one attached hydrogen (secondary N) is 2. The van der Waals surface area contributed by atoms with Crippen LogP contribution < -0.4 is 10.6 Å². The third kappa shape index (κ3) is 2.51. The molecule has 3 rings (SSSR count). The van der Waals surface area contributed by atoms with Crippen LogP contribution in [0.2, 0.25) is 0 Å². The molecule has 2 saturated heterocycles. The Morgan fingerprint density at radius 3 is 2.82 bits per heavy atom. The van der Waals surface area contributed by atoms with E-state index in [4.69, 9.17) is 0 Å². The second kappa shape index (κ2) is 4.77. The summed E-state index contributed by atoms with van der Waals surface area (Å²) in [5.41, 5.74) is 1.76. The van der Waals surface area contributed by atoms with Crippen molar-refractivity contribution in [2.45, 2.75) is 18.5 Å². The van der Waals surface area contributed by atoms with Crippen molar-refractivity contribution in [1.29, 1.82) is 0 Å². The van der Waals surface area contributed by atoms with Crippen LogP contribution >= 0.6 is 0 Å². The molecular weight excluding hydrogens is 210 g/mol. The van der Waals surface area contributed by atoms with Crippen molar-refractivity contribution in [2.24, 2.45) is 0 Å². The molecule has 3 heteroatoms. The zero-order chi connectivity index (χ0) is 11.6. The average Bonchev–Trinajstić information content (AvgIpc) is 2.74. The van der Waals surface area contributed by atoms with Crippen molar-refractivity contribution in [3.8, 4) is 0 Å². The summed E-state index contributed by atoms with van der Waals surface area (Å²) in [6.07, 6.45) is 1.27. The molecule has 0 radical (unpaired) electrons. The van der Waals surface area contributed by atoms with Gasteiger partial charge in [0, 0.05) is 44.8 Å². The molecule has 92 valence electrons.